The SMILES string of the molecule is CCOc1c(Cl)cc(C=NNc2ccc(C(F)(F)F)cc2)c(OCC)c1Cl. The molecule has 0 unspecified atom stereocenters. The van der Waals surface area contributed by atoms with Gasteiger partial charge in [0.05, 0.1) is 35.7 Å². The van der Waals surface area contributed by atoms with Crippen LogP contribution in [-0.2, 0) is 6.18 Å². The van der Waals surface area contributed by atoms with E-state index in [4.69, 9.17) is 32.7 Å². The third-order valence-electron chi connectivity index (χ3n) is 3.35. The number of nitrogens with zero attached hydrogens (tertiary/aromatic N) is 1. The van der Waals surface area contributed by atoms with Gasteiger partial charge in [-0.05, 0) is 44.2 Å². The molecule has 0 saturated carbocycles. The fraction of sp³-hybridized carbons (Fsp3) is 0.278. The Morgan fingerprint density at radius 3 is 2.19 bits per heavy atom. The maximum Gasteiger partial charge on any atom is 0.416 e. The lowest BCUT2D eigenvalue weighted by Gasteiger charge is -2.15. The monoisotopic (exact) mass is 420 g/mol. The highest BCUT2D eigenvalue weighted by molar-refractivity contribution is 6.38. The Morgan fingerprint density at radius 2 is 1.63 bits per heavy atom. The van der Waals surface area contributed by atoms with Crippen molar-refractivity contribution >= 4 is 35.1 Å². The lowest BCUT2D eigenvalue weighted by molar-refractivity contribution is -0.137. The average molecular weight is 421 g/mol. The first kappa shape index (κ1) is 21.2. The van der Waals surface area contributed by atoms with Crippen LogP contribution in [0.25, 0.3) is 0 Å². The molecule has 0 fully saturated rings. The molecule has 2 aromatic carbocycles. The van der Waals surface area contributed by atoms with Gasteiger partial charge in [0.1, 0.15) is 5.02 Å². The number of hydrazone groups is 1. The largest absolute Gasteiger partial charge is 0.491 e. The van der Waals surface area contributed by atoms with Crippen molar-refractivity contribution in [2.75, 3.05) is 18.6 Å². The molecular weight excluding hydrogens is 404 g/mol. The van der Waals surface area contributed by atoms with E-state index in [9.17, 15) is 13.2 Å². The zero-order valence-electron chi connectivity index (χ0n) is 14.5. The summed E-state index contributed by atoms with van der Waals surface area (Å²) in [6.07, 6.45) is -2.97. The summed E-state index contributed by atoms with van der Waals surface area (Å²) >= 11 is 12.5. The number of benzene rings is 2. The first-order valence-electron chi connectivity index (χ1n) is 8.01. The zero-order chi connectivity index (χ0) is 20.0. The molecule has 0 atom stereocenters. The summed E-state index contributed by atoms with van der Waals surface area (Å²) in [5, 5.41) is 4.53. The van der Waals surface area contributed by atoms with E-state index in [0.29, 0.717) is 41.0 Å². The number of alkyl halides is 3. The highest BCUT2D eigenvalue weighted by Crippen LogP contribution is 2.42. The van der Waals surface area contributed by atoms with Gasteiger partial charge in [0, 0.05) is 5.56 Å². The molecule has 9 heteroatoms. The number of nitrogens with one attached hydrogen (secondary N) is 1. The van der Waals surface area contributed by atoms with Crippen molar-refractivity contribution < 1.29 is 22.6 Å². The van der Waals surface area contributed by atoms with Gasteiger partial charge in [-0.3, -0.25) is 5.43 Å². The minimum Gasteiger partial charge on any atom is -0.491 e. The van der Waals surface area contributed by atoms with E-state index in [-0.39, 0.29) is 5.02 Å². The predicted octanol–water partition coefficient (Wildman–Crippen LogP) is 6.26. The van der Waals surface area contributed by atoms with Gasteiger partial charge in [0.25, 0.3) is 0 Å². The van der Waals surface area contributed by atoms with Gasteiger partial charge in [-0.2, -0.15) is 18.3 Å². The van der Waals surface area contributed by atoms with Crippen LogP contribution in [-0.4, -0.2) is 19.4 Å². The smallest absolute Gasteiger partial charge is 0.416 e. The highest BCUT2D eigenvalue weighted by Gasteiger charge is 2.29. The normalized spacial score (nSPS) is 11.7. The van der Waals surface area contributed by atoms with Gasteiger partial charge in [0.15, 0.2) is 11.5 Å². The van der Waals surface area contributed by atoms with Crippen molar-refractivity contribution in [3.8, 4) is 11.5 Å². The average Bonchev–Trinajstić information content (AvgIpc) is 2.61. The van der Waals surface area contributed by atoms with E-state index in [0.717, 1.165) is 12.1 Å². The third kappa shape index (κ3) is 5.43. The molecule has 2 aromatic rings. The van der Waals surface area contributed by atoms with Gasteiger partial charge in [0.2, 0.25) is 0 Å². The third-order valence-corrected chi connectivity index (χ3v) is 3.97. The predicted molar refractivity (Wildman–Crippen MR) is 101 cm³/mol. The number of hydrogen-bond acceptors (Lipinski definition) is 4. The highest BCUT2D eigenvalue weighted by atomic mass is 35.5. The van der Waals surface area contributed by atoms with Crippen LogP contribution in [0.2, 0.25) is 10.0 Å². The molecular formula is C18H17Cl2F3N2O2. The van der Waals surface area contributed by atoms with Crippen LogP contribution in [0.4, 0.5) is 18.9 Å². The Balaban J connectivity index is 2.23. The van der Waals surface area contributed by atoms with E-state index in [1.54, 1.807) is 19.9 Å². The Morgan fingerprint density at radius 1 is 1.04 bits per heavy atom. The molecule has 0 heterocycles. The second kappa shape index (κ2) is 9.19. The number of halogens is 5. The molecule has 0 amide bonds. The van der Waals surface area contributed by atoms with E-state index in [1.807, 2.05) is 0 Å². The molecule has 146 valence electrons. The van der Waals surface area contributed by atoms with Gasteiger partial charge in [-0.15, -0.1) is 0 Å². The van der Waals surface area contributed by atoms with E-state index in [2.05, 4.69) is 10.5 Å². The van der Waals surface area contributed by atoms with Gasteiger partial charge in [-0.25, -0.2) is 0 Å². The summed E-state index contributed by atoms with van der Waals surface area (Å²) < 4.78 is 48.7. The van der Waals surface area contributed by atoms with Crippen LogP contribution in [0.3, 0.4) is 0 Å². The van der Waals surface area contributed by atoms with Crippen molar-refractivity contribution in [2.45, 2.75) is 20.0 Å². The second-order valence-electron chi connectivity index (χ2n) is 5.23. The van der Waals surface area contributed by atoms with Gasteiger partial charge >= 0.3 is 6.18 Å². The first-order chi connectivity index (χ1) is 12.8. The Labute approximate surface area is 164 Å². The molecule has 0 saturated heterocycles. The number of rotatable bonds is 7. The van der Waals surface area contributed by atoms with Crippen molar-refractivity contribution in [2.24, 2.45) is 5.10 Å². The van der Waals surface area contributed by atoms with E-state index < -0.39 is 11.7 Å². The minimum absolute atomic E-state index is 0.224. The molecule has 27 heavy (non-hydrogen) atoms. The lowest BCUT2D eigenvalue weighted by Crippen LogP contribution is -2.04. The van der Waals surface area contributed by atoms with Crippen LogP contribution in [0.1, 0.15) is 25.0 Å². The second-order valence-corrected chi connectivity index (χ2v) is 6.02. The molecule has 4 nitrogen and oxygen atoms in total. The fourth-order valence-electron chi connectivity index (χ4n) is 2.18. The summed E-state index contributed by atoms with van der Waals surface area (Å²) in [5.41, 5.74) is 2.80. The quantitative estimate of drug-likeness (QED) is 0.424. The van der Waals surface area contributed by atoms with Crippen LogP contribution in [0.15, 0.2) is 35.4 Å². The van der Waals surface area contributed by atoms with Crippen molar-refractivity contribution in [1.82, 2.24) is 0 Å². The fourth-order valence-corrected chi connectivity index (χ4v) is 2.81. The van der Waals surface area contributed by atoms with Crippen molar-refractivity contribution in [1.29, 1.82) is 0 Å². The molecule has 0 bridgehead atoms. The summed E-state index contributed by atoms with van der Waals surface area (Å²) in [6.45, 7) is 4.34. The van der Waals surface area contributed by atoms with Crippen LogP contribution in [0, 0.1) is 0 Å². The molecule has 1 N–H and O–H groups in total. The molecule has 0 aliphatic carbocycles. The molecule has 0 aliphatic heterocycles. The molecule has 0 aromatic heterocycles. The summed E-state index contributed by atoms with van der Waals surface area (Å²) in [4.78, 5) is 0. The minimum atomic E-state index is -4.38. The van der Waals surface area contributed by atoms with Crippen molar-refractivity contribution in [3.63, 3.8) is 0 Å². The van der Waals surface area contributed by atoms with E-state index in [1.165, 1.54) is 18.3 Å². The Hall–Kier alpha value is -2.12. The maximum atomic E-state index is 12.6. The number of ether oxygens (including phenoxy) is 2. The standard InChI is InChI=1S/C18H17Cl2F3N2O2/c1-3-26-16-11(9-14(19)17(15(16)20)27-4-2)10-24-25-13-7-5-12(6-8-13)18(21,22)23/h5-10,25H,3-4H2,1-2H3. The van der Waals surface area contributed by atoms with Gasteiger partial charge < -0.3 is 9.47 Å². The Kier molecular flexibility index (Phi) is 7.21. The maximum absolute atomic E-state index is 12.6. The van der Waals surface area contributed by atoms with Crippen LogP contribution in [0.5, 0.6) is 11.5 Å². The first-order valence-corrected chi connectivity index (χ1v) is 8.77. The van der Waals surface area contributed by atoms with Crippen molar-refractivity contribution in [3.05, 3.63) is 51.5 Å². The number of anilines is 1. The molecule has 0 radical (unpaired) electrons. The van der Waals surface area contributed by atoms with Crippen LogP contribution < -0.4 is 14.9 Å². The summed E-state index contributed by atoms with van der Waals surface area (Å²) in [6, 6.07) is 6.08. The molecule has 0 spiro atoms. The Bertz CT molecular complexity index is 810. The number of hydrogen-bond donors (Lipinski definition) is 1. The van der Waals surface area contributed by atoms with Gasteiger partial charge in [-0.1, -0.05) is 23.2 Å². The lowest BCUT2D eigenvalue weighted by atomic mass is 10.2. The molecule has 0 aliphatic rings. The molecule has 2 rings (SSSR count). The van der Waals surface area contributed by atoms with Crippen LogP contribution >= 0.6 is 23.2 Å². The summed E-state index contributed by atoms with van der Waals surface area (Å²) in [5.74, 6) is 0.669. The summed E-state index contributed by atoms with van der Waals surface area (Å²) in [7, 11) is 0. The topological polar surface area (TPSA) is 42.8 Å². The van der Waals surface area contributed by atoms with E-state index >= 15 is 0 Å². The zero-order valence-corrected chi connectivity index (χ0v) is 16.0.